The lowest BCUT2D eigenvalue weighted by Gasteiger charge is -2.32. The highest BCUT2D eigenvalue weighted by molar-refractivity contribution is 5.41. The summed E-state index contributed by atoms with van der Waals surface area (Å²) in [6.45, 7) is 4.08. The molecule has 0 spiro atoms. The molecule has 2 aromatic heterocycles. The van der Waals surface area contributed by atoms with Crippen molar-refractivity contribution in [3.63, 3.8) is 0 Å². The minimum Gasteiger partial charge on any atom is -0.356 e. The van der Waals surface area contributed by atoms with E-state index in [2.05, 4.69) is 38.1 Å². The minimum absolute atomic E-state index is 0.452. The molecular weight excluding hydrogens is 302 g/mol. The third-order valence-corrected chi connectivity index (χ3v) is 4.90. The van der Waals surface area contributed by atoms with Crippen molar-refractivity contribution in [3.05, 3.63) is 23.4 Å². The second-order valence-corrected chi connectivity index (χ2v) is 7.18. The first kappa shape index (κ1) is 15.4. The number of piperidine rings is 1. The molecule has 24 heavy (non-hydrogen) atoms. The molecule has 0 bridgehead atoms. The van der Waals surface area contributed by atoms with Crippen molar-refractivity contribution >= 4 is 11.8 Å². The van der Waals surface area contributed by atoms with Crippen LogP contribution in [0.3, 0.4) is 0 Å². The molecule has 1 aliphatic heterocycles. The van der Waals surface area contributed by atoms with Gasteiger partial charge in [0.1, 0.15) is 17.5 Å². The van der Waals surface area contributed by atoms with Gasteiger partial charge in [-0.2, -0.15) is 4.98 Å². The fourth-order valence-corrected chi connectivity index (χ4v) is 3.29. The van der Waals surface area contributed by atoms with Crippen molar-refractivity contribution in [2.24, 2.45) is 0 Å². The molecule has 4 rings (SSSR count). The van der Waals surface area contributed by atoms with Gasteiger partial charge in [-0.15, -0.1) is 5.10 Å². The summed E-state index contributed by atoms with van der Waals surface area (Å²) >= 11 is 0. The molecule has 0 atom stereocenters. The van der Waals surface area contributed by atoms with Gasteiger partial charge < -0.3 is 9.80 Å². The number of hydrogen-bond donors (Lipinski definition) is 1. The van der Waals surface area contributed by atoms with E-state index in [4.69, 9.17) is 4.98 Å². The predicted molar refractivity (Wildman–Crippen MR) is 93.6 cm³/mol. The van der Waals surface area contributed by atoms with Gasteiger partial charge in [0.05, 0.1) is 0 Å². The van der Waals surface area contributed by atoms with Crippen LogP contribution in [0.2, 0.25) is 0 Å². The van der Waals surface area contributed by atoms with Gasteiger partial charge in [-0.3, -0.25) is 5.10 Å². The fourth-order valence-electron chi connectivity index (χ4n) is 3.29. The highest BCUT2D eigenvalue weighted by Crippen LogP contribution is 2.39. The first-order valence-corrected chi connectivity index (χ1v) is 8.80. The van der Waals surface area contributed by atoms with E-state index in [1.54, 1.807) is 0 Å². The average molecular weight is 327 g/mol. The molecule has 7 heteroatoms. The summed E-state index contributed by atoms with van der Waals surface area (Å²) in [4.78, 5) is 18.3. The number of H-pyrrole nitrogens is 1. The smallest absolute Gasteiger partial charge is 0.244 e. The van der Waals surface area contributed by atoms with Crippen LogP contribution in [0.5, 0.6) is 0 Å². The molecule has 0 amide bonds. The number of rotatable bonds is 4. The summed E-state index contributed by atoms with van der Waals surface area (Å²) < 4.78 is 0. The van der Waals surface area contributed by atoms with Gasteiger partial charge in [0.15, 0.2) is 0 Å². The molecule has 7 nitrogen and oxygen atoms in total. The van der Waals surface area contributed by atoms with E-state index in [9.17, 15) is 0 Å². The maximum atomic E-state index is 4.82. The molecule has 2 aliphatic rings. The molecule has 2 aromatic rings. The molecule has 3 heterocycles. The molecule has 1 aliphatic carbocycles. The highest BCUT2D eigenvalue weighted by atomic mass is 15.3. The van der Waals surface area contributed by atoms with E-state index in [0.717, 1.165) is 55.0 Å². The van der Waals surface area contributed by atoms with E-state index in [1.165, 1.54) is 12.8 Å². The SMILES string of the molecule is Cc1cc(N2CCC(c3nc(N(C)C)n[nH]3)CC2)nc(C2CC2)n1. The van der Waals surface area contributed by atoms with Gasteiger partial charge >= 0.3 is 0 Å². The Morgan fingerprint density at radius 2 is 1.79 bits per heavy atom. The van der Waals surface area contributed by atoms with E-state index in [1.807, 2.05) is 19.0 Å². The van der Waals surface area contributed by atoms with Crippen LogP contribution in [0.1, 0.15) is 54.9 Å². The first-order valence-electron chi connectivity index (χ1n) is 8.80. The normalized spacial score (nSPS) is 18.9. The lowest BCUT2D eigenvalue weighted by atomic mass is 9.96. The standard InChI is InChI=1S/C17H25N7/c1-11-10-14(19-15(18-11)12-4-5-12)24-8-6-13(7-9-24)16-20-17(22-21-16)23(2)3/h10,12-13H,4-9H2,1-3H3,(H,20,21,22). The Labute approximate surface area is 142 Å². The lowest BCUT2D eigenvalue weighted by molar-refractivity contribution is 0.484. The highest BCUT2D eigenvalue weighted by Gasteiger charge is 2.29. The van der Waals surface area contributed by atoms with Gasteiger partial charge in [0.25, 0.3) is 0 Å². The van der Waals surface area contributed by atoms with Crippen LogP contribution in [0.15, 0.2) is 6.07 Å². The largest absolute Gasteiger partial charge is 0.356 e. The Hall–Kier alpha value is -2.18. The van der Waals surface area contributed by atoms with Crippen molar-refractivity contribution in [3.8, 4) is 0 Å². The number of anilines is 2. The summed E-state index contributed by atoms with van der Waals surface area (Å²) in [5.74, 6) is 4.95. The Morgan fingerprint density at radius 1 is 1.04 bits per heavy atom. The zero-order chi connectivity index (χ0) is 16.7. The first-order chi connectivity index (χ1) is 11.6. The van der Waals surface area contributed by atoms with Crippen molar-refractivity contribution < 1.29 is 0 Å². The number of hydrogen-bond acceptors (Lipinski definition) is 6. The van der Waals surface area contributed by atoms with Gasteiger partial charge in [0.2, 0.25) is 5.95 Å². The second kappa shape index (κ2) is 6.03. The van der Waals surface area contributed by atoms with Crippen LogP contribution in [0.25, 0.3) is 0 Å². The Morgan fingerprint density at radius 3 is 2.42 bits per heavy atom. The van der Waals surface area contributed by atoms with Gasteiger partial charge in [0, 0.05) is 50.8 Å². The van der Waals surface area contributed by atoms with Gasteiger partial charge in [-0.25, -0.2) is 9.97 Å². The Bertz CT molecular complexity index is 711. The molecule has 2 fully saturated rings. The maximum absolute atomic E-state index is 4.82. The molecule has 0 aromatic carbocycles. The number of aromatic amines is 1. The van der Waals surface area contributed by atoms with Crippen molar-refractivity contribution in [2.45, 2.75) is 44.4 Å². The van der Waals surface area contributed by atoms with E-state index >= 15 is 0 Å². The molecule has 1 saturated heterocycles. The van der Waals surface area contributed by atoms with Crippen LogP contribution in [0.4, 0.5) is 11.8 Å². The van der Waals surface area contributed by atoms with Crippen molar-refractivity contribution in [2.75, 3.05) is 37.0 Å². The van der Waals surface area contributed by atoms with Crippen LogP contribution in [-0.2, 0) is 0 Å². The van der Waals surface area contributed by atoms with Gasteiger partial charge in [-0.05, 0) is 32.6 Å². The van der Waals surface area contributed by atoms with Crippen LogP contribution in [-0.4, -0.2) is 52.3 Å². The van der Waals surface area contributed by atoms with Gasteiger partial charge in [-0.1, -0.05) is 0 Å². The third kappa shape index (κ3) is 3.07. The number of aryl methyl sites for hydroxylation is 1. The molecule has 0 unspecified atom stereocenters. The minimum atomic E-state index is 0.452. The maximum Gasteiger partial charge on any atom is 0.244 e. The number of nitrogens with one attached hydrogen (secondary N) is 1. The molecule has 1 saturated carbocycles. The summed E-state index contributed by atoms with van der Waals surface area (Å²) in [5, 5.41) is 7.38. The third-order valence-electron chi connectivity index (χ3n) is 4.90. The Balaban J connectivity index is 1.44. The lowest BCUT2D eigenvalue weighted by Crippen LogP contribution is -2.34. The molecule has 1 N–H and O–H groups in total. The summed E-state index contributed by atoms with van der Waals surface area (Å²) in [5.41, 5.74) is 1.08. The summed E-state index contributed by atoms with van der Waals surface area (Å²) in [7, 11) is 3.93. The summed E-state index contributed by atoms with van der Waals surface area (Å²) in [6.07, 6.45) is 4.63. The zero-order valence-corrected chi connectivity index (χ0v) is 14.7. The van der Waals surface area contributed by atoms with Crippen LogP contribution >= 0.6 is 0 Å². The van der Waals surface area contributed by atoms with Crippen LogP contribution in [0, 0.1) is 6.92 Å². The van der Waals surface area contributed by atoms with E-state index in [-0.39, 0.29) is 0 Å². The van der Waals surface area contributed by atoms with E-state index in [0.29, 0.717) is 11.8 Å². The molecule has 128 valence electrons. The predicted octanol–water partition coefficient (Wildman–Crippen LogP) is 2.23. The number of aromatic nitrogens is 5. The average Bonchev–Trinajstić information content (AvgIpc) is 3.31. The quantitative estimate of drug-likeness (QED) is 0.928. The van der Waals surface area contributed by atoms with Crippen LogP contribution < -0.4 is 9.80 Å². The van der Waals surface area contributed by atoms with Crippen molar-refractivity contribution in [1.82, 2.24) is 25.1 Å². The fraction of sp³-hybridized carbons (Fsp3) is 0.647. The topological polar surface area (TPSA) is 73.8 Å². The Kier molecular flexibility index (Phi) is 3.86. The zero-order valence-electron chi connectivity index (χ0n) is 14.7. The molecule has 0 radical (unpaired) electrons. The molecular formula is C17H25N7. The summed E-state index contributed by atoms with van der Waals surface area (Å²) in [6, 6.07) is 2.12. The number of nitrogens with zero attached hydrogens (tertiary/aromatic N) is 6. The van der Waals surface area contributed by atoms with E-state index < -0.39 is 0 Å². The second-order valence-electron chi connectivity index (χ2n) is 7.18. The van der Waals surface area contributed by atoms with Crippen molar-refractivity contribution in [1.29, 1.82) is 0 Å². The monoisotopic (exact) mass is 327 g/mol.